The zero-order valence-corrected chi connectivity index (χ0v) is 17.4. The van der Waals surface area contributed by atoms with Crippen LogP contribution in [0.1, 0.15) is 76.8 Å². The van der Waals surface area contributed by atoms with Gasteiger partial charge in [-0.25, -0.2) is 0 Å². The van der Waals surface area contributed by atoms with E-state index in [4.69, 9.17) is 9.47 Å². The normalized spacial score (nSPS) is 32.0. The molecule has 146 valence electrons. The average molecular weight is 361 g/mol. The molecule has 2 bridgehead atoms. The molecule has 4 atom stereocenters. The van der Waals surface area contributed by atoms with Crippen LogP contribution in [0.25, 0.3) is 0 Å². The number of methoxy groups -OCH3 is 2. The smallest absolute Gasteiger partial charge is 0.126 e. The van der Waals surface area contributed by atoms with Crippen molar-refractivity contribution >= 4 is 0 Å². The molecule has 3 heteroatoms. The van der Waals surface area contributed by atoms with E-state index in [1.54, 1.807) is 14.2 Å². The van der Waals surface area contributed by atoms with E-state index in [2.05, 4.69) is 39.8 Å². The standard InChI is InChI=1S/C23H36O3/c1-7-8-9-10-15-13-17(25-5)20(18(14-15)26-6)19-16-11-12-23(4,21(19)24)22(16,2)3/h13-14,16,19,21,24H,7-12H2,1-6H3. The first kappa shape index (κ1) is 19.5. The summed E-state index contributed by atoms with van der Waals surface area (Å²) in [7, 11) is 3.47. The predicted molar refractivity (Wildman–Crippen MR) is 106 cm³/mol. The summed E-state index contributed by atoms with van der Waals surface area (Å²) in [5.74, 6) is 2.30. The van der Waals surface area contributed by atoms with Crippen molar-refractivity contribution in [2.24, 2.45) is 16.7 Å². The van der Waals surface area contributed by atoms with Gasteiger partial charge in [0.15, 0.2) is 0 Å². The molecule has 0 aromatic heterocycles. The number of ether oxygens (including phenoxy) is 2. The molecule has 3 rings (SSSR count). The summed E-state index contributed by atoms with van der Waals surface area (Å²) in [6, 6.07) is 4.34. The van der Waals surface area contributed by atoms with Gasteiger partial charge in [-0.05, 0) is 60.1 Å². The van der Waals surface area contributed by atoms with Gasteiger partial charge in [0.2, 0.25) is 0 Å². The van der Waals surface area contributed by atoms with Crippen LogP contribution < -0.4 is 9.47 Å². The van der Waals surface area contributed by atoms with Crippen molar-refractivity contribution in [1.29, 1.82) is 0 Å². The van der Waals surface area contributed by atoms with Crippen LogP contribution in [-0.2, 0) is 6.42 Å². The Morgan fingerprint density at radius 2 is 1.69 bits per heavy atom. The van der Waals surface area contributed by atoms with Crippen molar-refractivity contribution in [2.75, 3.05) is 14.2 Å². The van der Waals surface area contributed by atoms with Crippen molar-refractivity contribution in [1.82, 2.24) is 0 Å². The third kappa shape index (κ3) is 2.74. The highest BCUT2D eigenvalue weighted by atomic mass is 16.5. The Balaban J connectivity index is 2.02. The number of unbranched alkanes of at least 4 members (excludes halogenated alkanes) is 2. The molecule has 0 radical (unpaired) electrons. The fourth-order valence-electron chi connectivity index (χ4n) is 5.74. The number of fused-ring (bicyclic) bond motifs is 2. The number of aliphatic hydroxyl groups is 1. The van der Waals surface area contributed by atoms with Crippen LogP contribution >= 0.6 is 0 Å². The molecule has 2 saturated carbocycles. The molecule has 2 fully saturated rings. The highest BCUT2D eigenvalue weighted by molar-refractivity contribution is 5.52. The Hall–Kier alpha value is -1.22. The van der Waals surface area contributed by atoms with E-state index in [9.17, 15) is 5.11 Å². The van der Waals surface area contributed by atoms with Gasteiger partial charge in [-0.2, -0.15) is 0 Å². The van der Waals surface area contributed by atoms with Crippen LogP contribution in [0.3, 0.4) is 0 Å². The second-order valence-electron chi connectivity index (χ2n) is 9.13. The Morgan fingerprint density at radius 3 is 2.15 bits per heavy atom. The lowest BCUT2D eigenvalue weighted by Crippen LogP contribution is -2.37. The average Bonchev–Trinajstić information content (AvgIpc) is 2.93. The van der Waals surface area contributed by atoms with Gasteiger partial charge in [0.1, 0.15) is 11.5 Å². The zero-order chi connectivity index (χ0) is 19.1. The van der Waals surface area contributed by atoms with E-state index in [1.165, 1.54) is 24.8 Å². The molecule has 0 amide bonds. The zero-order valence-electron chi connectivity index (χ0n) is 17.4. The van der Waals surface area contributed by atoms with Crippen LogP contribution in [0.2, 0.25) is 0 Å². The molecule has 1 N–H and O–H groups in total. The monoisotopic (exact) mass is 360 g/mol. The van der Waals surface area contributed by atoms with Crippen molar-refractivity contribution in [3.05, 3.63) is 23.3 Å². The number of hydrogen-bond acceptors (Lipinski definition) is 3. The molecule has 4 unspecified atom stereocenters. The first-order valence-corrected chi connectivity index (χ1v) is 10.2. The van der Waals surface area contributed by atoms with E-state index in [0.29, 0.717) is 5.92 Å². The molecule has 3 nitrogen and oxygen atoms in total. The molecule has 2 aliphatic carbocycles. The van der Waals surface area contributed by atoms with Gasteiger partial charge >= 0.3 is 0 Å². The molecule has 0 aliphatic heterocycles. The summed E-state index contributed by atoms with van der Waals surface area (Å²) in [6.07, 6.45) is 6.59. The maximum Gasteiger partial charge on any atom is 0.126 e. The third-order valence-electron chi connectivity index (χ3n) is 7.81. The van der Waals surface area contributed by atoms with Gasteiger partial charge in [-0.3, -0.25) is 0 Å². The molecule has 1 aromatic rings. The number of hydrogen-bond donors (Lipinski definition) is 1. The first-order valence-electron chi connectivity index (χ1n) is 10.2. The summed E-state index contributed by atoms with van der Waals surface area (Å²) in [5.41, 5.74) is 2.41. The minimum absolute atomic E-state index is 0.0435. The molecule has 0 spiro atoms. The van der Waals surface area contributed by atoms with Gasteiger partial charge in [-0.1, -0.05) is 40.5 Å². The van der Waals surface area contributed by atoms with E-state index in [0.717, 1.165) is 36.3 Å². The lowest BCUT2D eigenvalue weighted by Gasteiger charge is -2.37. The molecular weight excluding hydrogens is 324 g/mol. The van der Waals surface area contributed by atoms with Gasteiger partial charge in [0.25, 0.3) is 0 Å². The molecule has 0 heterocycles. The molecular formula is C23H36O3. The Kier molecular flexibility index (Phi) is 5.31. The topological polar surface area (TPSA) is 38.7 Å². The molecule has 1 aromatic carbocycles. The van der Waals surface area contributed by atoms with E-state index in [-0.39, 0.29) is 22.9 Å². The fraction of sp³-hybridized carbons (Fsp3) is 0.739. The Morgan fingerprint density at radius 1 is 1.08 bits per heavy atom. The van der Waals surface area contributed by atoms with Crippen molar-refractivity contribution in [2.45, 2.75) is 78.2 Å². The maximum atomic E-state index is 11.3. The minimum Gasteiger partial charge on any atom is -0.496 e. The largest absolute Gasteiger partial charge is 0.496 e. The van der Waals surface area contributed by atoms with Crippen LogP contribution in [0.5, 0.6) is 11.5 Å². The fourth-order valence-corrected chi connectivity index (χ4v) is 5.74. The molecule has 26 heavy (non-hydrogen) atoms. The van der Waals surface area contributed by atoms with Gasteiger partial charge in [0.05, 0.1) is 20.3 Å². The Labute approximate surface area is 159 Å². The van der Waals surface area contributed by atoms with Gasteiger partial charge in [-0.15, -0.1) is 0 Å². The minimum atomic E-state index is -0.356. The van der Waals surface area contributed by atoms with Crippen LogP contribution in [0.4, 0.5) is 0 Å². The Bertz CT molecular complexity index is 626. The predicted octanol–water partition coefficient (Wildman–Crippen LogP) is 5.34. The number of aliphatic hydroxyl groups excluding tert-OH is 1. The highest BCUT2D eigenvalue weighted by Crippen LogP contribution is 2.71. The molecule has 2 aliphatic rings. The number of benzene rings is 1. The van der Waals surface area contributed by atoms with E-state index < -0.39 is 0 Å². The SMILES string of the molecule is CCCCCc1cc(OC)c(C2C3CCC(C)(C2O)C3(C)C)c(OC)c1. The van der Waals surface area contributed by atoms with Crippen LogP contribution in [-0.4, -0.2) is 25.4 Å². The van der Waals surface area contributed by atoms with Crippen molar-refractivity contribution in [3.8, 4) is 11.5 Å². The van der Waals surface area contributed by atoms with E-state index >= 15 is 0 Å². The van der Waals surface area contributed by atoms with Gasteiger partial charge in [0, 0.05) is 11.5 Å². The summed E-state index contributed by atoms with van der Waals surface area (Å²) in [6.45, 7) is 9.14. The lowest BCUT2D eigenvalue weighted by atomic mass is 9.70. The van der Waals surface area contributed by atoms with Crippen molar-refractivity contribution in [3.63, 3.8) is 0 Å². The second-order valence-corrected chi connectivity index (χ2v) is 9.13. The van der Waals surface area contributed by atoms with Crippen LogP contribution in [0.15, 0.2) is 12.1 Å². The maximum absolute atomic E-state index is 11.3. The summed E-state index contributed by atoms with van der Waals surface area (Å²) < 4.78 is 11.6. The van der Waals surface area contributed by atoms with E-state index in [1.807, 2.05) is 0 Å². The summed E-state index contributed by atoms with van der Waals surface area (Å²) >= 11 is 0. The van der Waals surface area contributed by atoms with Gasteiger partial charge < -0.3 is 14.6 Å². The first-order chi connectivity index (χ1) is 12.3. The highest BCUT2D eigenvalue weighted by Gasteiger charge is 2.66. The van der Waals surface area contributed by atoms with Crippen LogP contribution in [0, 0.1) is 16.7 Å². The molecule has 0 saturated heterocycles. The third-order valence-corrected chi connectivity index (χ3v) is 7.81. The second kappa shape index (κ2) is 7.07. The number of rotatable bonds is 7. The lowest BCUT2D eigenvalue weighted by molar-refractivity contribution is 0.00407. The van der Waals surface area contributed by atoms with Crippen molar-refractivity contribution < 1.29 is 14.6 Å². The summed E-state index contributed by atoms with van der Waals surface area (Å²) in [4.78, 5) is 0. The summed E-state index contributed by atoms with van der Waals surface area (Å²) in [5, 5.41) is 11.3. The number of aryl methyl sites for hydroxylation is 1. The quantitative estimate of drug-likeness (QED) is 0.667.